The van der Waals surface area contributed by atoms with Crippen molar-refractivity contribution in [2.24, 2.45) is 5.73 Å². The molecule has 1 aliphatic heterocycles. The number of benzene rings is 1. The highest BCUT2D eigenvalue weighted by atomic mass is 19.1. The number of carbonyl (C=O) groups is 2. The quantitative estimate of drug-likeness (QED) is 0.744. The maximum Gasteiger partial charge on any atom is 0.328 e. The van der Waals surface area contributed by atoms with Crippen LogP contribution in [0.4, 0.5) is 19.3 Å². The predicted molar refractivity (Wildman–Crippen MR) is 67.8 cm³/mol. The summed E-state index contributed by atoms with van der Waals surface area (Å²) in [6, 6.07) is 1.19. The van der Waals surface area contributed by atoms with Crippen LogP contribution >= 0.6 is 0 Å². The van der Waals surface area contributed by atoms with Crippen LogP contribution in [0, 0.1) is 23.5 Å². The Morgan fingerprint density at radius 3 is 2.50 bits per heavy atom. The number of urea groups is 1. The van der Waals surface area contributed by atoms with Gasteiger partial charge < -0.3 is 5.73 Å². The molecule has 1 saturated heterocycles. The lowest BCUT2D eigenvalue weighted by Gasteiger charge is -2.27. The summed E-state index contributed by atoms with van der Waals surface area (Å²) >= 11 is 0. The summed E-state index contributed by atoms with van der Waals surface area (Å²) in [5, 5.41) is 2.00. The Labute approximate surface area is 113 Å². The molecule has 0 spiro atoms. The van der Waals surface area contributed by atoms with Crippen LogP contribution in [0.25, 0.3) is 0 Å². The molecule has 104 valence electrons. The van der Waals surface area contributed by atoms with Crippen molar-refractivity contribution in [1.29, 1.82) is 0 Å². The van der Waals surface area contributed by atoms with Crippen molar-refractivity contribution in [3.63, 3.8) is 0 Å². The molecule has 0 aliphatic carbocycles. The van der Waals surface area contributed by atoms with E-state index in [1.54, 1.807) is 0 Å². The van der Waals surface area contributed by atoms with Gasteiger partial charge in [-0.25, -0.2) is 13.6 Å². The standard InChI is InChI=1S/C13H11F2N3O2/c14-9-6-8(2-1-4-16)7-10(15)12(9)18-5-3-11(19)17-13(18)20/h6-7H,3-5,16H2,(H,17,19,20). The molecule has 3 amide bonds. The molecular formula is C13H11F2N3O2. The molecule has 0 aromatic heterocycles. The lowest BCUT2D eigenvalue weighted by atomic mass is 10.1. The molecule has 2 rings (SSSR count). The average Bonchev–Trinajstić information content (AvgIpc) is 2.38. The molecule has 0 atom stereocenters. The summed E-state index contributed by atoms with van der Waals surface area (Å²) < 4.78 is 27.9. The van der Waals surface area contributed by atoms with Crippen LogP contribution in [-0.4, -0.2) is 25.0 Å². The average molecular weight is 279 g/mol. The number of carbonyl (C=O) groups excluding carboxylic acids is 2. The second kappa shape index (κ2) is 5.67. The zero-order valence-corrected chi connectivity index (χ0v) is 10.4. The van der Waals surface area contributed by atoms with Gasteiger partial charge in [0.15, 0.2) is 11.6 Å². The first-order valence-corrected chi connectivity index (χ1v) is 5.82. The van der Waals surface area contributed by atoms with Crippen LogP contribution in [0.15, 0.2) is 12.1 Å². The molecule has 20 heavy (non-hydrogen) atoms. The van der Waals surface area contributed by atoms with Crippen LogP contribution in [0.1, 0.15) is 12.0 Å². The number of imide groups is 1. The van der Waals surface area contributed by atoms with Crippen molar-refractivity contribution >= 4 is 17.6 Å². The number of nitrogens with one attached hydrogen (secondary N) is 1. The summed E-state index contributed by atoms with van der Waals surface area (Å²) in [4.78, 5) is 23.5. The maximum atomic E-state index is 13.9. The number of halogens is 2. The van der Waals surface area contributed by atoms with Gasteiger partial charge in [-0.15, -0.1) is 0 Å². The number of hydrogen-bond acceptors (Lipinski definition) is 3. The van der Waals surface area contributed by atoms with Gasteiger partial charge in [-0.1, -0.05) is 11.8 Å². The van der Waals surface area contributed by atoms with E-state index in [4.69, 9.17) is 5.73 Å². The van der Waals surface area contributed by atoms with Gasteiger partial charge in [-0.05, 0) is 12.1 Å². The Morgan fingerprint density at radius 1 is 1.30 bits per heavy atom. The number of nitrogens with two attached hydrogens (primary N) is 1. The SMILES string of the molecule is NCC#Cc1cc(F)c(N2CCC(=O)NC2=O)c(F)c1. The minimum absolute atomic E-state index is 0.0145. The Bertz CT molecular complexity index is 611. The van der Waals surface area contributed by atoms with E-state index in [1.165, 1.54) is 0 Å². The number of hydrogen-bond donors (Lipinski definition) is 2. The lowest BCUT2D eigenvalue weighted by Crippen LogP contribution is -2.50. The first-order chi connectivity index (χ1) is 9.52. The van der Waals surface area contributed by atoms with E-state index in [1.807, 2.05) is 5.32 Å². The minimum atomic E-state index is -0.921. The van der Waals surface area contributed by atoms with Crippen molar-refractivity contribution < 1.29 is 18.4 Å². The van der Waals surface area contributed by atoms with Gasteiger partial charge in [0.25, 0.3) is 0 Å². The zero-order chi connectivity index (χ0) is 14.7. The van der Waals surface area contributed by atoms with E-state index in [2.05, 4.69) is 11.8 Å². The third kappa shape index (κ3) is 2.75. The Kier molecular flexibility index (Phi) is 3.96. The van der Waals surface area contributed by atoms with Crippen molar-refractivity contribution in [3.8, 4) is 11.8 Å². The molecule has 1 aromatic rings. The normalized spacial score (nSPS) is 14.7. The Balaban J connectivity index is 2.37. The van der Waals surface area contributed by atoms with Gasteiger partial charge in [0.1, 0.15) is 5.69 Å². The molecule has 1 fully saturated rings. The van der Waals surface area contributed by atoms with Crippen LogP contribution in [0.5, 0.6) is 0 Å². The molecule has 1 aliphatic rings. The molecule has 3 N–H and O–H groups in total. The zero-order valence-electron chi connectivity index (χ0n) is 10.4. The summed E-state index contributed by atoms with van der Waals surface area (Å²) in [6.07, 6.45) is -0.0145. The fourth-order valence-electron chi connectivity index (χ4n) is 1.83. The first kappa shape index (κ1) is 14.0. The Hall–Kier alpha value is -2.46. The smallest absolute Gasteiger partial charge is 0.320 e. The van der Waals surface area contributed by atoms with Crippen molar-refractivity contribution in [1.82, 2.24) is 5.32 Å². The van der Waals surface area contributed by atoms with E-state index in [0.717, 1.165) is 17.0 Å². The van der Waals surface area contributed by atoms with Crippen LogP contribution < -0.4 is 16.0 Å². The number of amides is 3. The van der Waals surface area contributed by atoms with Crippen molar-refractivity contribution in [2.75, 3.05) is 18.0 Å². The van der Waals surface area contributed by atoms with E-state index < -0.39 is 29.3 Å². The molecule has 1 heterocycles. The van der Waals surface area contributed by atoms with Crippen LogP contribution in [0.2, 0.25) is 0 Å². The summed E-state index contributed by atoms with van der Waals surface area (Å²) in [5.74, 6) is 2.67. The lowest BCUT2D eigenvalue weighted by molar-refractivity contribution is -0.120. The molecule has 7 heteroatoms. The predicted octanol–water partition coefficient (Wildman–Crippen LogP) is 0.721. The summed E-state index contributed by atoms with van der Waals surface area (Å²) in [7, 11) is 0. The maximum absolute atomic E-state index is 13.9. The van der Waals surface area contributed by atoms with E-state index in [9.17, 15) is 18.4 Å². The molecule has 0 saturated carbocycles. The van der Waals surface area contributed by atoms with Crippen molar-refractivity contribution in [3.05, 3.63) is 29.3 Å². The number of nitrogens with zero attached hydrogens (tertiary/aromatic N) is 1. The van der Waals surface area contributed by atoms with E-state index in [-0.39, 0.29) is 25.1 Å². The van der Waals surface area contributed by atoms with Crippen molar-refractivity contribution in [2.45, 2.75) is 6.42 Å². The number of rotatable bonds is 1. The van der Waals surface area contributed by atoms with Gasteiger partial charge in [-0.2, -0.15) is 0 Å². The fourth-order valence-corrected chi connectivity index (χ4v) is 1.83. The molecule has 0 unspecified atom stereocenters. The molecule has 0 radical (unpaired) electrons. The van der Waals surface area contributed by atoms with Gasteiger partial charge in [0.2, 0.25) is 5.91 Å². The van der Waals surface area contributed by atoms with Crippen LogP contribution in [-0.2, 0) is 4.79 Å². The molecule has 1 aromatic carbocycles. The summed E-state index contributed by atoms with van der Waals surface area (Å²) in [5.41, 5.74) is 4.81. The second-order valence-electron chi connectivity index (χ2n) is 4.05. The highest BCUT2D eigenvalue weighted by Crippen LogP contribution is 2.26. The van der Waals surface area contributed by atoms with Crippen LogP contribution in [0.3, 0.4) is 0 Å². The Morgan fingerprint density at radius 2 is 1.95 bits per heavy atom. The second-order valence-corrected chi connectivity index (χ2v) is 4.05. The topological polar surface area (TPSA) is 75.4 Å². The van der Waals surface area contributed by atoms with Gasteiger partial charge in [-0.3, -0.25) is 15.0 Å². The van der Waals surface area contributed by atoms with Gasteiger partial charge in [0, 0.05) is 18.5 Å². The third-order valence-corrected chi connectivity index (χ3v) is 2.68. The molecule has 5 nitrogen and oxygen atoms in total. The highest BCUT2D eigenvalue weighted by Gasteiger charge is 2.28. The first-order valence-electron chi connectivity index (χ1n) is 5.82. The largest absolute Gasteiger partial charge is 0.328 e. The van der Waals surface area contributed by atoms with E-state index >= 15 is 0 Å². The third-order valence-electron chi connectivity index (χ3n) is 2.68. The monoisotopic (exact) mass is 279 g/mol. The van der Waals surface area contributed by atoms with Gasteiger partial charge >= 0.3 is 6.03 Å². The van der Waals surface area contributed by atoms with Gasteiger partial charge in [0.05, 0.1) is 6.54 Å². The minimum Gasteiger partial charge on any atom is -0.320 e. The fraction of sp³-hybridized carbons (Fsp3) is 0.231. The highest BCUT2D eigenvalue weighted by molar-refractivity contribution is 6.05. The number of anilines is 1. The molecule has 0 bridgehead atoms. The summed E-state index contributed by atoms with van der Waals surface area (Å²) in [6.45, 7) is -0.00599. The molecular weight excluding hydrogens is 268 g/mol. The van der Waals surface area contributed by atoms with E-state index in [0.29, 0.717) is 0 Å².